The van der Waals surface area contributed by atoms with Crippen LogP contribution in [0.15, 0.2) is 24.3 Å². The van der Waals surface area contributed by atoms with Crippen LogP contribution in [0.4, 0.5) is 0 Å². The molecule has 13 heavy (non-hydrogen) atoms. The van der Waals surface area contributed by atoms with Gasteiger partial charge < -0.3 is 0 Å². The van der Waals surface area contributed by atoms with Crippen molar-refractivity contribution in [3.05, 3.63) is 40.0 Å². The van der Waals surface area contributed by atoms with Crippen molar-refractivity contribution in [3.63, 3.8) is 0 Å². The standard InChI is InChI=1S/C10H7Cl2N/c1-6-2-3-7-9(13-6)5-4-8(11)10(7)12/h2-5H,1H3. The molecule has 1 heterocycles. The van der Waals surface area contributed by atoms with Gasteiger partial charge in [0.15, 0.2) is 0 Å². The van der Waals surface area contributed by atoms with Gasteiger partial charge in [0.2, 0.25) is 0 Å². The molecule has 0 atom stereocenters. The van der Waals surface area contributed by atoms with Gasteiger partial charge in [-0.15, -0.1) is 0 Å². The number of pyridine rings is 1. The summed E-state index contributed by atoms with van der Waals surface area (Å²) in [5.74, 6) is 0. The maximum Gasteiger partial charge on any atom is 0.0721 e. The lowest BCUT2D eigenvalue weighted by Crippen LogP contribution is -1.83. The molecule has 0 saturated heterocycles. The highest BCUT2D eigenvalue weighted by atomic mass is 35.5. The molecule has 0 radical (unpaired) electrons. The number of halogens is 2. The van der Waals surface area contributed by atoms with Gasteiger partial charge in [-0.25, -0.2) is 0 Å². The summed E-state index contributed by atoms with van der Waals surface area (Å²) in [5.41, 5.74) is 1.86. The summed E-state index contributed by atoms with van der Waals surface area (Å²) in [6, 6.07) is 7.49. The van der Waals surface area contributed by atoms with E-state index in [1.807, 2.05) is 25.1 Å². The minimum Gasteiger partial charge on any atom is -0.253 e. The smallest absolute Gasteiger partial charge is 0.0721 e. The highest BCUT2D eigenvalue weighted by Crippen LogP contribution is 2.29. The van der Waals surface area contributed by atoms with Gasteiger partial charge in [0.1, 0.15) is 0 Å². The molecular weight excluding hydrogens is 205 g/mol. The molecule has 0 spiro atoms. The van der Waals surface area contributed by atoms with Crippen LogP contribution >= 0.6 is 23.2 Å². The number of nitrogens with zero attached hydrogens (tertiary/aromatic N) is 1. The number of hydrogen-bond donors (Lipinski definition) is 0. The fourth-order valence-corrected chi connectivity index (χ4v) is 1.63. The summed E-state index contributed by atoms with van der Waals surface area (Å²) in [7, 11) is 0. The average Bonchev–Trinajstić information content (AvgIpc) is 2.12. The van der Waals surface area contributed by atoms with E-state index in [9.17, 15) is 0 Å². The van der Waals surface area contributed by atoms with Crippen LogP contribution in [0.3, 0.4) is 0 Å². The van der Waals surface area contributed by atoms with E-state index in [1.165, 1.54) is 0 Å². The summed E-state index contributed by atoms with van der Waals surface area (Å²) in [6.45, 7) is 1.95. The van der Waals surface area contributed by atoms with Crippen LogP contribution in [0.5, 0.6) is 0 Å². The minimum absolute atomic E-state index is 0.569. The van der Waals surface area contributed by atoms with E-state index < -0.39 is 0 Å². The summed E-state index contributed by atoms with van der Waals surface area (Å²) in [6.07, 6.45) is 0. The first-order valence-corrected chi connectivity index (χ1v) is 4.65. The Morgan fingerprint density at radius 1 is 1.08 bits per heavy atom. The van der Waals surface area contributed by atoms with Gasteiger partial charge in [0.05, 0.1) is 15.6 Å². The zero-order valence-corrected chi connectivity index (χ0v) is 8.52. The number of aryl methyl sites for hydroxylation is 1. The van der Waals surface area contributed by atoms with Gasteiger partial charge in [-0.2, -0.15) is 0 Å². The lowest BCUT2D eigenvalue weighted by atomic mass is 10.2. The van der Waals surface area contributed by atoms with Crippen molar-refractivity contribution in [3.8, 4) is 0 Å². The summed E-state index contributed by atoms with van der Waals surface area (Å²) in [5, 5.41) is 2.05. The molecule has 0 aliphatic carbocycles. The Balaban J connectivity index is 2.87. The molecule has 1 aromatic carbocycles. The van der Waals surface area contributed by atoms with Gasteiger partial charge in [-0.05, 0) is 31.2 Å². The number of rotatable bonds is 0. The van der Waals surface area contributed by atoms with Crippen LogP contribution in [0, 0.1) is 6.92 Å². The Morgan fingerprint density at radius 2 is 1.85 bits per heavy atom. The Labute approximate surface area is 86.3 Å². The largest absolute Gasteiger partial charge is 0.253 e. The predicted molar refractivity (Wildman–Crippen MR) is 56.5 cm³/mol. The van der Waals surface area contributed by atoms with E-state index in [-0.39, 0.29) is 0 Å². The monoisotopic (exact) mass is 211 g/mol. The van der Waals surface area contributed by atoms with Gasteiger partial charge in [-0.3, -0.25) is 4.98 Å². The molecule has 2 rings (SSSR count). The molecule has 1 nitrogen and oxygen atoms in total. The Morgan fingerprint density at radius 3 is 2.62 bits per heavy atom. The third-order valence-corrected chi connectivity index (χ3v) is 2.72. The van der Waals surface area contributed by atoms with Gasteiger partial charge in [0, 0.05) is 11.1 Å². The second kappa shape index (κ2) is 3.17. The zero-order valence-electron chi connectivity index (χ0n) is 7.01. The third kappa shape index (κ3) is 1.50. The van der Waals surface area contributed by atoms with Crippen LogP contribution in [-0.4, -0.2) is 4.98 Å². The zero-order chi connectivity index (χ0) is 9.42. The van der Waals surface area contributed by atoms with E-state index in [2.05, 4.69) is 4.98 Å². The van der Waals surface area contributed by atoms with Crippen LogP contribution in [0.1, 0.15) is 5.69 Å². The number of hydrogen-bond acceptors (Lipinski definition) is 1. The summed E-state index contributed by atoms with van der Waals surface area (Å²) in [4.78, 5) is 4.33. The molecule has 0 aliphatic rings. The first-order valence-electron chi connectivity index (χ1n) is 3.90. The topological polar surface area (TPSA) is 12.9 Å². The molecule has 1 aromatic heterocycles. The quantitative estimate of drug-likeness (QED) is 0.646. The first kappa shape index (κ1) is 8.79. The first-order chi connectivity index (χ1) is 6.18. The fraction of sp³-hybridized carbons (Fsp3) is 0.100. The predicted octanol–water partition coefficient (Wildman–Crippen LogP) is 3.85. The van der Waals surface area contributed by atoms with Gasteiger partial charge >= 0.3 is 0 Å². The van der Waals surface area contributed by atoms with Crippen molar-refractivity contribution in [1.29, 1.82) is 0 Å². The van der Waals surface area contributed by atoms with Gasteiger partial charge in [0.25, 0.3) is 0 Å². The van der Waals surface area contributed by atoms with Crippen molar-refractivity contribution in [2.75, 3.05) is 0 Å². The maximum absolute atomic E-state index is 6.01. The average molecular weight is 212 g/mol. The minimum atomic E-state index is 0.569. The Kier molecular flexibility index (Phi) is 2.14. The fourth-order valence-electron chi connectivity index (χ4n) is 1.24. The molecule has 66 valence electrons. The number of aromatic nitrogens is 1. The van der Waals surface area contributed by atoms with E-state index in [0.717, 1.165) is 16.6 Å². The number of fused-ring (bicyclic) bond motifs is 1. The van der Waals surface area contributed by atoms with Crippen molar-refractivity contribution in [1.82, 2.24) is 4.98 Å². The second-order valence-electron chi connectivity index (χ2n) is 2.88. The highest BCUT2D eigenvalue weighted by molar-refractivity contribution is 6.45. The lowest BCUT2D eigenvalue weighted by molar-refractivity contribution is 1.26. The van der Waals surface area contributed by atoms with E-state index in [1.54, 1.807) is 6.07 Å². The molecular formula is C10H7Cl2N. The molecule has 3 heteroatoms. The lowest BCUT2D eigenvalue weighted by Gasteiger charge is -2.02. The SMILES string of the molecule is Cc1ccc2c(Cl)c(Cl)ccc2n1. The molecule has 0 unspecified atom stereocenters. The maximum atomic E-state index is 6.01. The van der Waals surface area contributed by atoms with Crippen LogP contribution in [0.2, 0.25) is 10.0 Å². The van der Waals surface area contributed by atoms with Crippen LogP contribution in [-0.2, 0) is 0 Å². The highest BCUT2D eigenvalue weighted by Gasteiger charge is 2.03. The normalized spacial score (nSPS) is 10.7. The summed E-state index contributed by atoms with van der Waals surface area (Å²) < 4.78 is 0. The van der Waals surface area contributed by atoms with E-state index in [4.69, 9.17) is 23.2 Å². The van der Waals surface area contributed by atoms with E-state index in [0.29, 0.717) is 10.0 Å². The van der Waals surface area contributed by atoms with Crippen molar-refractivity contribution < 1.29 is 0 Å². The second-order valence-corrected chi connectivity index (χ2v) is 3.67. The molecule has 0 bridgehead atoms. The molecule has 2 aromatic rings. The van der Waals surface area contributed by atoms with Crippen molar-refractivity contribution in [2.24, 2.45) is 0 Å². The molecule has 0 fully saturated rings. The van der Waals surface area contributed by atoms with Crippen molar-refractivity contribution >= 4 is 34.1 Å². The molecule has 0 aliphatic heterocycles. The van der Waals surface area contributed by atoms with E-state index >= 15 is 0 Å². The summed E-state index contributed by atoms with van der Waals surface area (Å²) >= 11 is 11.9. The third-order valence-electron chi connectivity index (χ3n) is 1.90. The van der Waals surface area contributed by atoms with Crippen LogP contribution in [0.25, 0.3) is 10.9 Å². The van der Waals surface area contributed by atoms with Gasteiger partial charge in [-0.1, -0.05) is 23.2 Å². The molecule has 0 saturated carbocycles. The van der Waals surface area contributed by atoms with Crippen LogP contribution < -0.4 is 0 Å². The Bertz CT molecular complexity index is 466. The molecule has 0 N–H and O–H groups in total. The Hall–Kier alpha value is -0.790. The van der Waals surface area contributed by atoms with Crippen molar-refractivity contribution in [2.45, 2.75) is 6.92 Å². The molecule has 0 amide bonds. The number of benzene rings is 1.